The Morgan fingerprint density at radius 3 is 2.70 bits per heavy atom. The molecule has 0 aliphatic carbocycles. The second-order valence-corrected chi connectivity index (χ2v) is 6.39. The van der Waals surface area contributed by atoms with Gasteiger partial charge in [-0.3, -0.25) is 4.98 Å². The van der Waals surface area contributed by atoms with E-state index < -0.39 is 0 Å². The van der Waals surface area contributed by atoms with Crippen LogP contribution >= 0.6 is 11.8 Å². The summed E-state index contributed by atoms with van der Waals surface area (Å²) in [6, 6.07) is 16.9. The van der Waals surface area contributed by atoms with E-state index >= 15 is 0 Å². The van der Waals surface area contributed by atoms with Crippen LogP contribution in [0.5, 0.6) is 0 Å². The van der Waals surface area contributed by atoms with Crippen molar-refractivity contribution in [1.82, 2.24) is 10.3 Å². The second kappa shape index (κ2) is 6.91. The molecule has 1 saturated heterocycles. The number of rotatable bonds is 5. The van der Waals surface area contributed by atoms with E-state index in [1.807, 2.05) is 12.3 Å². The predicted molar refractivity (Wildman–Crippen MR) is 86.0 cm³/mol. The van der Waals surface area contributed by atoms with Gasteiger partial charge in [-0.1, -0.05) is 36.4 Å². The first kappa shape index (κ1) is 13.7. The summed E-state index contributed by atoms with van der Waals surface area (Å²) < 4.78 is 0. The van der Waals surface area contributed by atoms with Crippen LogP contribution in [0, 0.1) is 5.92 Å². The maximum absolute atomic E-state index is 4.53. The molecule has 0 radical (unpaired) electrons. The second-order valence-electron chi connectivity index (χ2n) is 5.24. The van der Waals surface area contributed by atoms with Crippen LogP contribution < -0.4 is 5.32 Å². The highest BCUT2D eigenvalue weighted by molar-refractivity contribution is 7.99. The van der Waals surface area contributed by atoms with Gasteiger partial charge in [0.25, 0.3) is 0 Å². The molecule has 1 aromatic carbocycles. The number of benzene rings is 1. The fraction of sp³-hybridized carbons (Fsp3) is 0.353. The van der Waals surface area contributed by atoms with E-state index in [2.05, 4.69) is 64.5 Å². The van der Waals surface area contributed by atoms with Crippen molar-refractivity contribution in [2.45, 2.75) is 12.5 Å². The smallest absolute Gasteiger partial charge is 0.0751 e. The highest BCUT2D eigenvalue weighted by atomic mass is 32.2. The molecular weight excluding hydrogens is 264 g/mol. The summed E-state index contributed by atoms with van der Waals surface area (Å²) in [5, 5.41) is 3.72. The first-order valence-electron chi connectivity index (χ1n) is 7.20. The number of hydrogen-bond donors (Lipinski definition) is 1. The molecule has 0 amide bonds. The van der Waals surface area contributed by atoms with Crippen molar-refractivity contribution >= 4 is 11.8 Å². The van der Waals surface area contributed by atoms with Gasteiger partial charge < -0.3 is 5.32 Å². The first-order valence-corrected chi connectivity index (χ1v) is 8.36. The Kier molecular flexibility index (Phi) is 4.72. The van der Waals surface area contributed by atoms with Gasteiger partial charge in [0.15, 0.2) is 0 Å². The molecule has 1 fully saturated rings. The molecule has 2 heterocycles. The normalized spacial score (nSPS) is 19.9. The van der Waals surface area contributed by atoms with E-state index in [1.54, 1.807) is 0 Å². The minimum absolute atomic E-state index is 0.197. The number of hydrogen-bond acceptors (Lipinski definition) is 3. The van der Waals surface area contributed by atoms with Crippen molar-refractivity contribution in [2.24, 2.45) is 5.92 Å². The summed E-state index contributed by atoms with van der Waals surface area (Å²) in [4.78, 5) is 4.53. The van der Waals surface area contributed by atoms with Crippen molar-refractivity contribution in [3.63, 3.8) is 0 Å². The summed E-state index contributed by atoms with van der Waals surface area (Å²) in [7, 11) is 0. The van der Waals surface area contributed by atoms with Gasteiger partial charge in [-0.25, -0.2) is 0 Å². The molecule has 1 aliphatic rings. The monoisotopic (exact) mass is 284 g/mol. The molecule has 2 atom stereocenters. The third-order valence-electron chi connectivity index (χ3n) is 3.75. The lowest BCUT2D eigenvalue weighted by Gasteiger charge is -2.21. The molecule has 3 rings (SSSR count). The Hall–Kier alpha value is -1.32. The highest BCUT2D eigenvalue weighted by Crippen LogP contribution is 2.25. The Bertz CT molecular complexity index is 470. The van der Waals surface area contributed by atoms with Gasteiger partial charge in [-0.05, 0) is 48.1 Å². The van der Waals surface area contributed by atoms with E-state index in [4.69, 9.17) is 0 Å². The average Bonchev–Trinajstić information content (AvgIpc) is 3.03. The zero-order valence-electron chi connectivity index (χ0n) is 11.5. The molecule has 0 saturated carbocycles. The standard InChI is InChI=1S/C17H20N2S/c1-2-6-15(7-3-1)17(16-8-4-5-10-18-16)19-12-14-9-11-20-13-14/h1-8,10,14,17,19H,9,11-13H2. The summed E-state index contributed by atoms with van der Waals surface area (Å²) >= 11 is 2.07. The molecule has 2 aromatic rings. The van der Waals surface area contributed by atoms with Gasteiger partial charge in [0.1, 0.15) is 0 Å². The number of nitrogens with one attached hydrogen (secondary N) is 1. The number of thioether (sulfide) groups is 1. The van der Waals surface area contributed by atoms with Crippen molar-refractivity contribution in [2.75, 3.05) is 18.1 Å². The highest BCUT2D eigenvalue weighted by Gasteiger charge is 2.19. The zero-order valence-corrected chi connectivity index (χ0v) is 12.4. The average molecular weight is 284 g/mol. The molecule has 1 N–H and O–H groups in total. The summed E-state index contributed by atoms with van der Waals surface area (Å²) in [6.45, 7) is 1.07. The van der Waals surface area contributed by atoms with Crippen molar-refractivity contribution in [3.05, 3.63) is 66.0 Å². The van der Waals surface area contributed by atoms with Crippen LogP contribution in [0.25, 0.3) is 0 Å². The Morgan fingerprint density at radius 2 is 2.00 bits per heavy atom. The fourth-order valence-electron chi connectivity index (χ4n) is 2.61. The maximum atomic E-state index is 4.53. The third kappa shape index (κ3) is 3.41. The van der Waals surface area contributed by atoms with Crippen LogP contribution in [-0.4, -0.2) is 23.0 Å². The van der Waals surface area contributed by atoms with Crippen molar-refractivity contribution < 1.29 is 0 Å². The molecular formula is C17H20N2S. The van der Waals surface area contributed by atoms with Crippen LogP contribution in [0.15, 0.2) is 54.7 Å². The quantitative estimate of drug-likeness (QED) is 0.909. The topological polar surface area (TPSA) is 24.9 Å². The SMILES string of the molecule is c1ccc(C(NCC2CCSC2)c2ccccn2)cc1. The number of pyridine rings is 1. The van der Waals surface area contributed by atoms with E-state index in [0.717, 1.165) is 18.2 Å². The van der Waals surface area contributed by atoms with Gasteiger partial charge in [0.2, 0.25) is 0 Å². The Labute approximate surface area is 125 Å². The van der Waals surface area contributed by atoms with E-state index in [-0.39, 0.29) is 6.04 Å². The van der Waals surface area contributed by atoms with Crippen LogP contribution in [0.2, 0.25) is 0 Å². The van der Waals surface area contributed by atoms with Crippen molar-refractivity contribution in [3.8, 4) is 0 Å². The molecule has 1 aromatic heterocycles. The first-order chi connectivity index (χ1) is 9.93. The van der Waals surface area contributed by atoms with Crippen LogP contribution in [0.1, 0.15) is 23.7 Å². The van der Waals surface area contributed by atoms with Gasteiger partial charge in [-0.15, -0.1) is 0 Å². The molecule has 2 nitrogen and oxygen atoms in total. The molecule has 20 heavy (non-hydrogen) atoms. The number of aromatic nitrogens is 1. The van der Waals surface area contributed by atoms with Crippen LogP contribution in [-0.2, 0) is 0 Å². The lowest BCUT2D eigenvalue weighted by atomic mass is 10.0. The van der Waals surface area contributed by atoms with E-state index in [9.17, 15) is 0 Å². The minimum atomic E-state index is 0.197. The molecule has 104 valence electrons. The molecule has 0 bridgehead atoms. The van der Waals surface area contributed by atoms with E-state index in [1.165, 1.54) is 23.5 Å². The maximum Gasteiger partial charge on any atom is 0.0751 e. The Balaban J connectivity index is 1.76. The summed E-state index contributed by atoms with van der Waals surface area (Å²) in [5.74, 6) is 3.40. The van der Waals surface area contributed by atoms with E-state index in [0.29, 0.717) is 0 Å². The van der Waals surface area contributed by atoms with Crippen LogP contribution in [0.4, 0.5) is 0 Å². The largest absolute Gasteiger partial charge is 0.305 e. The van der Waals surface area contributed by atoms with Gasteiger partial charge in [0.05, 0.1) is 11.7 Å². The molecule has 1 aliphatic heterocycles. The summed E-state index contributed by atoms with van der Waals surface area (Å²) in [5.41, 5.74) is 2.39. The molecule has 3 heteroatoms. The summed E-state index contributed by atoms with van der Waals surface area (Å²) in [6.07, 6.45) is 3.21. The molecule has 2 unspecified atom stereocenters. The van der Waals surface area contributed by atoms with Gasteiger partial charge >= 0.3 is 0 Å². The van der Waals surface area contributed by atoms with Crippen molar-refractivity contribution in [1.29, 1.82) is 0 Å². The number of nitrogens with zero attached hydrogens (tertiary/aromatic N) is 1. The third-order valence-corrected chi connectivity index (χ3v) is 4.98. The van der Waals surface area contributed by atoms with Gasteiger partial charge in [-0.2, -0.15) is 11.8 Å². The predicted octanol–water partition coefficient (Wildman–Crippen LogP) is 3.51. The fourth-order valence-corrected chi connectivity index (χ4v) is 3.90. The molecule has 0 spiro atoms. The van der Waals surface area contributed by atoms with Crippen LogP contribution in [0.3, 0.4) is 0 Å². The zero-order chi connectivity index (χ0) is 13.6. The Morgan fingerprint density at radius 1 is 1.15 bits per heavy atom. The van der Waals surface area contributed by atoms with Gasteiger partial charge in [0, 0.05) is 6.20 Å². The lowest BCUT2D eigenvalue weighted by molar-refractivity contribution is 0.486. The lowest BCUT2D eigenvalue weighted by Crippen LogP contribution is -2.28. The minimum Gasteiger partial charge on any atom is -0.305 e.